The van der Waals surface area contributed by atoms with E-state index in [2.05, 4.69) is 118 Å². The zero-order chi connectivity index (χ0) is 47.9. The van der Waals surface area contributed by atoms with E-state index in [4.69, 9.17) is 14.2 Å². The van der Waals surface area contributed by atoms with Gasteiger partial charge in [0.25, 0.3) is 0 Å². The van der Waals surface area contributed by atoms with Crippen molar-refractivity contribution in [2.75, 3.05) is 13.2 Å². The van der Waals surface area contributed by atoms with Crippen molar-refractivity contribution in [2.45, 2.75) is 252 Å². The van der Waals surface area contributed by atoms with Gasteiger partial charge in [-0.2, -0.15) is 0 Å². The lowest BCUT2D eigenvalue weighted by atomic mass is 10.1. The summed E-state index contributed by atoms with van der Waals surface area (Å²) >= 11 is 0. The van der Waals surface area contributed by atoms with E-state index in [1.807, 2.05) is 0 Å². The van der Waals surface area contributed by atoms with Gasteiger partial charge in [0, 0.05) is 19.3 Å². The molecule has 0 fully saturated rings. The smallest absolute Gasteiger partial charge is 0.306 e. The lowest BCUT2D eigenvalue weighted by Gasteiger charge is -2.18. The third-order valence-electron chi connectivity index (χ3n) is 11.3. The van der Waals surface area contributed by atoms with Crippen molar-refractivity contribution < 1.29 is 28.6 Å². The van der Waals surface area contributed by atoms with Gasteiger partial charge in [-0.15, -0.1) is 0 Å². The molecule has 1 atom stereocenters. The van der Waals surface area contributed by atoms with E-state index >= 15 is 0 Å². The second kappa shape index (κ2) is 53.9. The maximum atomic E-state index is 12.8. The molecule has 0 aliphatic carbocycles. The zero-order valence-electron chi connectivity index (χ0n) is 42.9. The molecule has 0 aromatic carbocycles. The molecule has 376 valence electrons. The molecule has 0 saturated heterocycles. The molecular weight excluding hydrogens is 817 g/mol. The molecule has 0 rings (SSSR count). The first kappa shape index (κ1) is 62.3. The molecule has 0 saturated carbocycles. The standard InChI is InChI=1S/C60H100O6/c1-4-7-10-13-16-19-22-25-27-29-31-32-35-38-41-44-47-50-53-59(62)65-56-57(55-64-58(61)52-49-46-43-40-37-34-24-21-18-15-12-9-6-3)66-60(63)54-51-48-45-42-39-36-33-30-28-26-23-20-17-14-11-8-5-2/h8-9,11-12,17-22,26-29,34,37,57H,4-7,10,13-16,23-25,30-33,35-36,38-56H2,1-3H3/b11-8-,12-9-,20-17-,21-18-,22-19-,28-26-,29-27-,37-34-. The van der Waals surface area contributed by atoms with Crippen molar-refractivity contribution in [2.24, 2.45) is 0 Å². The van der Waals surface area contributed by atoms with E-state index in [1.54, 1.807) is 0 Å². The molecule has 0 aliphatic heterocycles. The van der Waals surface area contributed by atoms with Crippen molar-refractivity contribution in [1.29, 1.82) is 0 Å². The minimum atomic E-state index is -0.799. The molecule has 0 amide bonds. The lowest BCUT2D eigenvalue weighted by Crippen LogP contribution is -2.30. The minimum Gasteiger partial charge on any atom is -0.462 e. The highest BCUT2D eigenvalue weighted by Gasteiger charge is 2.19. The van der Waals surface area contributed by atoms with Crippen LogP contribution in [0.25, 0.3) is 0 Å². The number of hydrogen-bond acceptors (Lipinski definition) is 6. The molecule has 6 nitrogen and oxygen atoms in total. The molecule has 0 bridgehead atoms. The molecule has 0 aromatic heterocycles. The fourth-order valence-corrected chi connectivity index (χ4v) is 7.27. The number of allylic oxidation sites excluding steroid dienone is 16. The molecular formula is C60H100O6. The summed E-state index contributed by atoms with van der Waals surface area (Å²) in [5.74, 6) is -0.944. The van der Waals surface area contributed by atoms with Crippen LogP contribution in [0.5, 0.6) is 0 Å². The van der Waals surface area contributed by atoms with Crippen molar-refractivity contribution in [3.05, 3.63) is 97.2 Å². The van der Waals surface area contributed by atoms with Crippen molar-refractivity contribution in [1.82, 2.24) is 0 Å². The van der Waals surface area contributed by atoms with E-state index in [0.29, 0.717) is 19.3 Å². The Morgan fingerprint density at radius 1 is 0.318 bits per heavy atom. The quantitative estimate of drug-likeness (QED) is 0.0262. The van der Waals surface area contributed by atoms with Crippen molar-refractivity contribution in [3.8, 4) is 0 Å². The van der Waals surface area contributed by atoms with Crippen LogP contribution in [0.1, 0.15) is 245 Å². The number of carbonyl (C=O) groups excluding carboxylic acids is 3. The maximum Gasteiger partial charge on any atom is 0.306 e. The van der Waals surface area contributed by atoms with E-state index < -0.39 is 6.10 Å². The Labute approximate surface area is 407 Å². The van der Waals surface area contributed by atoms with E-state index in [9.17, 15) is 14.4 Å². The summed E-state index contributed by atoms with van der Waals surface area (Å²) in [6, 6.07) is 0. The molecule has 1 unspecified atom stereocenters. The van der Waals surface area contributed by atoms with Crippen LogP contribution in [0.15, 0.2) is 97.2 Å². The largest absolute Gasteiger partial charge is 0.462 e. The number of unbranched alkanes of at least 4 members (excludes halogenated alkanes) is 21. The first-order valence-electron chi connectivity index (χ1n) is 27.2. The van der Waals surface area contributed by atoms with Crippen LogP contribution >= 0.6 is 0 Å². The number of esters is 3. The summed E-state index contributed by atoms with van der Waals surface area (Å²) in [5.41, 5.74) is 0. The molecule has 66 heavy (non-hydrogen) atoms. The summed E-state index contributed by atoms with van der Waals surface area (Å²) in [5, 5.41) is 0. The van der Waals surface area contributed by atoms with Gasteiger partial charge in [0.05, 0.1) is 0 Å². The van der Waals surface area contributed by atoms with Gasteiger partial charge >= 0.3 is 17.9 Å². The second-order valence-corrected chi connectivity index (χ2v) is 17.7. The Morgan fingerprint density at radius 3 is 0.939 bits per heavy atom. The highest BCUT2D eigenvalue weighted by atomic mass is 16.6. The summed E-state index contributed by atoms with van der Waals surface area (Å²) in [4.78, 5) is 38.1. The predicted octanol–water partition coefficient (Wildman–Crippen LogP) is 18.1. The summed E-state index contributed by atoms with van der Waals surface area (Å²) in [6.07, 6.45) is 71.1. The van der Waals surface area contributed by atoms with Gasteiger partial charge < -0.3 is 14.2 Å². The van der Waals surface area contributed by atoms with Gasteiger partial charge in [0.1, 0.15) is 13.2 Å². The highest BCUT2D eigenvalue weighted by Crippen LogP contribution is 2.14. The fourth-order valence-electron chi connectivity index (χ4n) is 7.27. The van der Waals surface area contributed by atoms with Gasteiger partial charge in [-0.1, -0.05) is 208 Å². The van der Waals surface area contributed by atoms with Gasteiger partial charge in [-0.25, -0.2) is 0 Å². The van der Waals surface area contributed by atoms with Crippen LogP contribution in [-0.2, 0) is 28.6 Å². The van der Waals surface area contributed by atoms with E-state index in [-0.39, 0.29) is 31.1 Å². The molecule has 0 N–H and O–H groups in total. The first-order valence-corrected chi connectivity index (χ1v) is 27.2. The number of rotatable bonds is 48. The Balaban J connectivity index is 4.44. The number of carbonyl (C=O) groups is 3. The van der Waals surface area contributed by atoms with E-state index in [1.165, 1.54) is 83.5 Å². The van der Waals surface area contributed by atoms with Gasteiger partial charge in [0.2, 0.25) is 0 Å². The number of ether oxygens (including phenoxy) is 3. The second-order valence-electron chi connectivity index (χ2n) is 17.7. The maximum absolute atomic E-state index is 12.8. The van der Waals surface area contributed by atoms with Crippen molar-refractivity contribution >= 4 is 17.9 Å². The summed E-state index contributed by atoms with van der Waals surface area (Å²) in [6.45, 7) is 6.36. The molecule has 0 spiro atoms. The zero-order valence-corrected chi connectivity index (χ0v) is 42.9. The van der Waals surface area contributed by atoms with Crippen LogP contribution in [0.3, 0.4) is 0 Å². The van der Waals surface area contributed by atoms with Crippen LogP contribution in [0.2, 0.25) is 0 Å². The predicted molar refractivity (Wildman–Crippen MR) is 284 cm³/mol. The molecule has 6 heteroatoms. The molecule has 0 heterocycles. The molecule has 0 radical (unpaired) electrons. The summed E-state index contributed by atoms with van der Waals surface area (Å²) < 4.78 is 16.8. The van der Waals surface area contributed by atoms with Gasteiger partial charge in [-0.3, -0.25) is 14.4 Å². The highest BCUT2D eigenvalue weighted by molar-refractivity contribution is 5.71. The normalized spacial score (nSPS) is 12.8. The fraction of sp³-hybridized carbons (Fsp3) is 0.683. The Bertz CT molecular complexity index is 1330. The minimum absolute atomic E-state index is 0.0961. The third kappa shape index (κ3) is 51.3. The third-order valence-corrected chi connectivity index (χ3v) is 11.3. The average Bonchev–Trinajstić information content (AvgIpc) is 3.31. The van der Waals surface area contributed by atoms with Crippen LogP contribution in [-0.4, -0.2) is 37.2 Å². The number of hydrogen-bond donors (Lipinski definition) is 0. The van der Waals surface area contributed by atoms with Crippen LogP contribution in [0, 0.1) is 0 Å². The topological polar surface area (TPSA) is 78.9 Å². The van der Waals surface area contributed by atoms with Gasteiger partial charge in [-0.05, 0) is 116 Å². The molecule has 0 aliphatic rings. The monoisotopic (exact) mass is 917 g/mol. The van der Waals surface area contributed by atoms with Crippen molar-refractivity contribution in [3.63, 3.8) is 0 Å². The Kier molecular flexibility index (Phi) is 50.9. The van der Waals surface area contributed by atoms with E-state index in [0.717, 1.165) is 122 Å². The summed E-state index contributed by atoms with van der Waals surface area (Å²) in [7, 11) is 0. The van der Waals surface area contributed by atoms with Crippen LogP contribution in [0.4, 0.5) is 0 Å². The van der Waals surface area contributed by atoms with Gasteiger partial charge in [0.15, 0.2) is 6.10 Å². The first-order chi connectivity index (χ1) is 32.5. The average molecular weight is 917 g/mol. The Morgan fingerprint density at radius 2 is 0.591 bits per heavy atom. The molecule has 0 aromatic rings. The lowest BCUT2D eigenvalue weighted by molar-refractivity contribution is -0.167. The SMILES string of the molecule is CC/C=C\C/C=C\C/C=C\CCCCCCCCCC(=O)OC(COC(=O)CCCCC/C=C\C/C=C\C/C=C\CC)COC(=O)CCCCCCCCC/C=C\C/C=C\CCCCCC. The van der Waals surface area contributed by atoms with Crippen LogP contribution < -0.4 is 0 Å². The Hall–Kier alpha value is -3.67.